The first kappa shape index (κ1) is 17.1. The number of nitrogens with one attached hydrogen (secondary N) is 2. The lowest BCUT2D eigenvalue weighted by Crippen LogP contribution is -2.27. The molecule has 0 aliphatic rings. The third kappa shape index (κ3) is 5.58. The summed E-state index contributed by atoms with van der Waals surface area (Å²) < 4.78 is 22.8. The molecule has 0 aliphatic heterocycles. The molecule has 0 aromatic heterocycles. The fraction of sp³-hybridized carbons (Fsp3) is 0.417. The molecule has 0 radical (unpaired) electrons. The van der Waals surface area contributed by atoms with Gasteiger partial charge in [0.1, 0.15) is 0 Å². The van der Waals surface area contributed by atoms with Crippen molar-refractivity contribution in [3.63, 3.8) is 0 Å². The lowest BCUT2D eigenvalue weighted by Gasteiger charge is -2.10. The minimum Gasteiger partial charge on any atom is -0.325 e. The minimum absolute atomic E-state index is 0.0103. The zero-order valence-corrected chi connectivity index (χ0v) is 13.7. The second-order valence-electron chi connectivity index (χ2n) is 4.59. The maximum atomic E-state index is 11.7. The number of carbonyl (C=O) groups is 1. The molecule has 112 valence electrons. The van der Waals surface area contributed by atoms with E-state index in [1.165, 1.54) is 18.2 Å². The molecule has 1 aromatic carbocycles. The predicted molar refractivity (Wildman–Crippen MR) is 81.9 cm³/mol. The number of benzene rings is 1. The lowest BCUT2D eigenvalue weighted by atomic mass is 10.3. The van der Waals surface area contributed by atoms with Gasteiger partial charge >= 0.3 is 0 Å². The third-order valence-corrected chi connectivity index (χ3v) is 4.01. The van der Waals surface area contributed by atoms with E-state index in [4.69, 9.17) is 5.14 Å². The van der Waals surface area contributed by atoms with Crippen LogP contribution in [-0.2, 0) is 14.8 Å². The van der Waals surface area contributed by atoms with E-state index in [1.807, 2.05) is 13.8 Å². The summed E-state index contributed by atoms with van der Waals surface area (Å²) in [5.41, 5.74) is 0.506. The molecule has 0 unspecified atom stereocenters. The Bertz CT molecular complexity index is 588. The van der Waals surface area contributed by atoms with Crippen LogP contribution in [0.4, 0.5) is 5.69 Å². The molecule has 0 atom stereocenters. The van der Waals surface area contributed by atoms with Crippen molar-refractivity contribution < 1.29 is 13.2 Å². The Labute approximate surface area is 127 Å². The Hall–Kier alpha value is -0.960. The molecule has 0 bridgehead atoms. The Morgan fingerprint density at radius 2 is 2.05 bits per heavy atom. The van der Waals surface area contributed by atoms with Crippen molar-refractivity contribution in [1.29, 1.82) is 0 Å². The topological polar surface area (TPSA) is 101 Å². The summed E-state index contributed by atoms with van der Waals surface area (Å²) in [5.74, 6) is -0.151. The van der Waals surface area contributed by atoms with Crippen LogP contribution in [0.2, 0.25) is 0 Å². The molecule has 4 N–H and O–H groups in total. The average Bonchev–Trinajstić information content (AvgIpc) is 2.29. The molecule has 0 saturated heterocycles. The quantitative estimate of drug-likeness (QED) is 0.711. The van der Waals surface area contributed by atoms with Crippen molar-refractivity contribution in [1.82, 2.24) is 5.32 Å². The molecule has 0 aliphatic carbocycles. The van der Waals surface area contributed by atoms with Crippen molar-refractivity contribution in [3.05, 3.63) is 22.7 Å². The number of sulfonamides is 1. The van der Waals surface area contributed by atoms with Gasteiger partial charge in [0.2, 0.25) is 15.9 Å². The number of amides is 1. The average molecular weight is 364 g/mol. The van der Waals surface area contributed by atoms with Crippen LogP contribution in [0.1, 0.15) is 20.3 Å². The summed E-state index contributed by atoms with van der Waals surface area (Å²) in [5, 5.41) is 10.9. The highest BCUT2D eigenvalue weighted by Crippen LogP contribution is 2.25. The lowest BCUT2D eigenvalue weighted by molar-refractivity contribution is -0.116. The molecule has 1 amide bonds. The molecule has 0 heterocycles. The summed E-state index contributed by atoms with van der Waals surface area (Å²) in [6.07, 6.45) is 0.335. The van der Waals surface area contributed by atoms with E-state index in [1.54, 1.807) is 0 Å². The molecule has 1 rings (SSSR count). The van der Waals surface area contributed by atoms with Crippen LogP contribution < -0.4 is 15.8 Å². The maximum Gasteiger partial charge on any atom is 0.238 e. The number of hydrogen-bond acceptors (Lipinski definition) is 4. The number of anilines is 1. The van der Waals surface area contributed by atoms with E-state index < -0.39 is 10.0 Å². The number of primary sulfonamides is 1. The number of hydrogen-bond donors (Lipinski definition) is 3. The van der Waals surface area contributed by atoms with Gasteiger partial charge < -0.3 is 10.6 Å². The molecule has 6 nitrogen and oxygen atoms in total. The molecule has 0 fully saturated rings. The second kappa shape index (κ2) is 7.16. The maximum absolute atomic E-state index is 11.7. The summed E-state index contributed by atoms with van der Waals surface area (Å²) in [4.78, 5) is 11.7. The molecular formula is C12H18BrN3O3S. The molecule has 8 heteroatoms. The minimum atomic E-state index is -3.75. The van der Waals surface area contributed by atoms with Crippen LogP contribution >= 0.6 is 15.9 Å². The standard InChI is InChI=1S/C12H18BrN3O3S/c1-8(2)15-6-5-12(17)16-11-4-3-9(7-10(11)13)20(14,18)19/h3-4,7-8,15H,5-6H2,1-2H3,(H,16,17)(H2,14,18,19). The monoisotopic (exact) mass is 363 g/mol. The fourth-order valence-electron chi connectivity index (χ4n) is 1.46. The Morgan fingerprint density at radius 1 is 1.40 bits per heavy atom. The molecule has 20 heavy (non-hydrogen) atoms. The second-order valence-corrected chi connectivity index (χ2v) is 7.01. The van der Waals surface area contributed by atoms with Crippen LogP contribution in [-0.4, -0.2) is 26.9 Å². The highest BCUT2D eigenvalue weighted by molar-refractivity contribution is 9.10. The van der Waals surface area contributed by atoms with Crippen LogP contribution in [0.25, 0.3) is 0 Å². The smallest absolute Gasteiger partial charge is 0.238 e. The normalized spacial score (nSPS) is 11.7. The van der Waals surface area contributed by atoms with Gasteiger partial charge in [-0.05, 0) is 34.1 Å². The fourth-order valence-corrected chi connectivity index (χ4v) is 2.63. The zero-order valence-electron chi connectivity index (χ0n) is 11.3. The van der Waals surface area contributed by atoms with E-state index >= 15 is 0 Å². The van der Waals surface area contributed by atoms with E-state index in [-0.39, 0.29) is 10.8 Å². The molecule has 0 spiro atoms. The number of rotatable bonds is 6. The van der Waals surface area contributed by atoms with Crippen LogP contribution in [0.3, 0.4) is 0 Å². The van der Waals surface area contributed by atoms with Gasteiger partial charge in [0, 0.05) is 23.5 Å². The summed E-state index contributed by atoms with van der Waals surface area (Å²) in [6.45, 7) is 4.58. The predicted octanol–water partition coefficient (Wildman–Crippen LogP) is 1.42. The van der Waals surface area contributed by atoms with Gasteiger partial charge in [-0.3, -0.25) is 4.79 Å². The highest BCUT2D eigenvalue weighted by Gasteiger charge is 2.11. The summed E-state index contributed by atoms with van der Waals surface area (Å²) in [7, 11) is -3.75. The van der Waals surface area contributed by atoms with E-state index in [0.717, 1.165) is 0 Å². The Kier molecular flexibility index (Phi) is 6.12. The number of nitrogens with two attached hydrogens (primary N) is 1. The first-order chi connectivity index (χ1) is 9.20. The van der Waals surface area contributed by atoms with Crippen molar-refractivity contribution >= 4 is 37.5 Å². The van der Waals surface area contributed by atoms with Gasteiger partial charge in [0.05, 0.1) is 10.6 Å². The van der Waals surface area contributed by atoms with E-state index in [0.29, 0.717) is 29.2 Å². The number of carbonyl (C=O) groups excluding carboxylic acids is 1. The van der Waals surface area contributed by atoms with Crippen LogP contribution in [0.5, 0.6) is 0 Å². The van der Waals surface area contributed by atoms with Crippen LogP contribution in [0, 0.1) is 0 Å². The number of halogens is 1. The Morgan fingerprint density at radius 3 is 2.55 bits per heavy atom. The van der Waals surface area contributed by atoms with Gasteiger partial charge in [-0.2, -0.15) is 0 Å². The molecule has 0 saturated carbocycles. The van der Waals surface area contributed by atoms with Crippen molar-refractivity contribution in [2.45, 2.75) is 31.2 Å². The van der Waals surface area contributed by atoms with Crippen molar-refractivity contribution in [3.8, 4) is 0 Å². The van der Waals surface area contributed by atoms with Gasteiger partial charge in [0.25, 0.3) is 0 Å². The van der Waals surface area contributed by atoms with E-state index in [9.17, 15) is 13.2 Å². The highest BCUT2D eigenvalue weighted by atomic mass is 79.9. The SMILES string of the molecule is CC(C)NCCC(=O)Nc1ccc(S(N)(=O)=O)cc1Br. The summed E-state index contributed by atoms with van der Waals surface area (Å²) >= 11 is 3.21. The van der Waals surface area contributed by atoms with Crippen molar-refractivity contribution in [2.24, 2.45) is 5.14 Å². The van der Waals surface area contributed by atoms with Crippen LogP contribution in [0.15, 0.2) is 27.6 Å². The van der Waals surface area contributed by atoms with E-state index in [2.05, 4.69) is 26.6 Å². The first-order valence-corrected chi connectivity index (χ1v) is 8.39. The molecule has 1 aromatic rings. The summed E-state index contributed by atoms with van der Waals surface area (Å²) in [6, 6.07) is 4.53. The largest absolute Gasteiger partial charge is 0.325 e. The van der Waals surface area contributed by atoms with Gasteiger partial charge in [-0.25, -0.2) is 13.6 Å². The molecular weight excluding hydrogens is 346 g/mol. The third-order valence-electron chi connectivity index (χ3n) is 2.45. The van der Waals surface area contributed by atoms with Gasteiger partial charge in [-0.1, -0.05) is 13.8 Å². The zero-order chi connectivity index (χ0) is 15.3. The van der Waals surface area contributed by atoms with Gasteiger partial charge in [-0.15, -0.1) is 0 Å². The first-order valence-electron chi connectivity index (χ1n) is 6.05. The Balaban J connectivity index is 2.67. The van der Waals surface area contributed by atoms with Crippen molar-refractivity contribution in [2.75, 3.05) is 11.9 Å². The van der Waals surface area contributed by atoms with Gasteiger partial charge in [0.15, 0.2) is 0 Å².